The molecule has 5 N–H and O–H groups in total. The number of aliphatic carboxylic acids is 1. The SMILES string of the molecule is Nc1ccc(Sc2ccc(CC(=O)O)c(N)c2)cc1. The van der Waals surface area contributed by atoms with Gasteiger partial charge in [0.15, 0.2) is 0 Å². The third-order valence-electron chi connectivity index (χ3n) is 2.57. The van der Waals surface area contributed by atoms with E-state index in [1.807, 2.05) is 30.3 Å². The van der Waals surface area contributed by atoms with Crippen LogP contribution in [-0.4, -0.2) is 11.1 Å². The Labute approximate surface area is 115 Å². The first kappa shape index (κ1) is 13.3. The topological polar surface area (TPSA) is 89.3 Å². The van der Waals surface area contributed by atoms with Crippen molar-refractivity contribution in [2.24, 2.45) is 0 Å². The van der Waals surface area contributed by atoms with E-state index < -0.39 is 5.97 Å². The van der Waals surface area contributed by atoms with Crippen molar-refractivity contribution >= 4 is 29.1 Å². The first-order valence-corrected chi connectivity index (χ1v) is 6.50. The van der Waals surface area contributed by atoms with E-state index in [4.69, 9.17) is 16.6 Å². The highest BCUT2D eigenvalue weighted by Gasteiger charge is 2.06. The number of carboxylic acid groups (broad SMARTS) is 1. The van der Waals surface area contributed by atoms with Crippen LogP contribution in [0.4, 0.5) is 11.4 Å². The van der Waals surface area contributed by atoms with Gasteiger partial charge in [-0.1, -0.05) is 17.8 Å². The Hall–Kier alpha value is -2.14. The van der Waals surface area contributed by atoms with Crippen molar-refractivity contribution in [3.8, 4) is 0 Å². The van der Waals surface area contributed by atoms with Gasteiger partial charge in [0.1, 0.15) is 0 Å². The van der Waals surface area contributed by atoms with Crippen molar-refractivity contribution in [2.75, 3.05) is 11.5 Å². The third kappa shape index (κ3) is 3.66. The van der Waals surface area contributed by atoms with Crippen LogP contribution in [-0.2, 0) is 11.2 Å². The lowest BCUT2D eigenvalue weighted by molar-refractivity contribution is -0.136. The van der Waals surface area contributed by atoms with Crippen molar-refractivity contribution in [1.29, 1.82) is 0 Å². The van der Waals surface area contributed by atoms with Crippen LogP contribution >= 0.6 is 11.8 Å². The zero-order chi connectivity index (χ0) is 13.8. The average Bonchev–Trinajstić information content (AvgIpc) is 2.35. The number of hydrogen-bond acceptors (Lipinski definition) is 4. The lowest BCUT2D eigenvalue weighted by Gasteiger charge is -2.07. The molecule has 2 rings (SSSR count). The zero-order valence-electron chi connectivity index (χ0n) is 10.2. The zero-order valence-corrected chi connectivity index (χ0v) is 11.0. The van der Waals surface area contributed by atoms with Gasteiger partial charge in [-0.3, -0.25) is 4.79 Å². The Bertz CT molecular complexity index is 597. The summed E-state index contributed by atoms with van der Waals surface area (Å²) in [6.07, 6.45) is -0.0569. The number of anilines is 2. The van der Waals surface area contributed by atoms with Crippen LogP contribution in [0, 0.1) is 0 Å². The molecular formula is C14H14N2O2S. The van der Waals surface area contributed by atoms with Crippen LogP contribution < -0.4 is 11.5 Å². The largest absolute Gasteiger partial charge is 0.481 e. The highest BCUT2D eigenvalue weighted by atomic mass is 32.2. The fourth-order valence-electron chi connectivity index (χ4n) is 1.63. The summed E-state index contributed by atoms with van der Waals surface area (Å²) >= 11 is 1.56. The molecule has 0 unspecified atom stereocenters. The molecule has 0 spiro atoms. The maximum absolute atomic E-state index is 10.7. The van der Waals surface area contributed by atoms with Gasteiger partial charge in [0.25, 0.3) is 0 Å². The number of carbonyl (C=O) groups is 1. The second-order valence-electron chi connectivity index (χ2n) is 4.10. The monoisotopic (exact) mass is 274 g/mol. The van der Waals surface area contributed by atoms with E-state index in [1.165, 1.54) is 0 Å². The van der Waals surface area contributed by atoms with E-state index in [0.717, 1.165) is 15.5 Å². The van der Waals surface area contributed by atoms with Gasteiger partial charge < -0.3 is 16.6 Å². The number of nitrogen functional groups attached to an aromatic ring is 2. The van der Waals surface area contributed by atoms with Gasteiger partial charge in [-0.15, -0.1) is 0 Å². The molecule has 0 saturated heterocycles. The van der Waals surface area contributed by atoms with Gasteiger partial charge in [0.2, 0.25) is 0 Å². The molecule has 0 bridgehead atoms. The molecule has 4 nitrogen and oxygen atoms in total. The van der Waals surface area contributed by atoms with Crippen LogP contribution in [0.25, 0.3) is 0 Å². The van der Waals surface area contributed by atoms with E-state index in [1.54, 1.807) is 23.9 Å². The molecule has 0 fully saturated rings. The molecule has 5 heteroatoms. The van der Waals surface area contributed by atoms with Gasteiger partial charge in [-0.25, -0.2) is 0 Å². The van der Waals surface area contributed by atoms with Gasteiger partial charge >= 0.3 is 5.97 Å². The number of nitrogens with two attached hydrogens (primary N) is 2. The van der Waals surface area contributed by atoms with Crippen molar-refractivity contribution in [2.45, 2.75) is 16.2 Å². The summed E-state index contributed by atoms with van der Waals surface area (Å²) in [7, 11) is 0. The molecule has 0 saturated carbocycles. The molecule has 2 aromatic carbocycles. The van der Waals surface area contributed by atoms with E-state index in [9.17, 15) is 4.79 Å². The summed E-state index contributed by atoms with van der Waals surface area (Å²) in [5.41, 5.74) is 13.3. The summed E-state index contributed by atoms with van der Waals surface area (Å²) in [5, 5.41) is 8.75. The molecule has 2 aromatic rings. The highest BCUT2D eigenvalue weighted by molar-refractivity contribution is 7.99. The summed E-state index contributed by atoms with van der Waals surface area (Å²) in [4.78, 5) is 12.7. The molecule has 0 amide bonds. The summed E-state index contributed by atoms with van der Waals surface area (Å²) in [6.45, 7) is 0. The fourth-order valence-corrected chi connectivity index (χ4v) is 2.50. The second kappa shape index (κ2) is 5.67. The molecule has 98 valence electrons. The van der Waals surface area contributed by atoms with E-state index >= 15 is 0 Å². The normalized spacial score (nSPS) is 10.3. The van der Waals surface area contributed by atoms with Crippen LogP contribution in [0.15, 0.2) is 52.3 Å². The Kier molecular flexibility index (Phi) is 3.97. The number of hydrogen-bond donors (Lipinski definition) is 3. The third-order valence-corrected chi connectivity index (χ3v) is 3.57. The van der Waals surface area contributed by atoms with E-state index in [2.05, 4.69) is 0 Å². The highest BCUT2D eigenvalue weighted by Crippen LogP contribution is 2.30. The first-order chi connectivity index (χ1) is 9.04. The summed E-state index contributed by atoms with van der Waals surface area (Å²) in [6, 6.07) is 13.0. The molecule has 0 heterocycles. The van der Waals surface area contributed by atoms with Crippen LogP contribution in [0.3, 0.4) is 0 Å². The second-order valence-corrected chi connectivity index (χ2v) is 5.25. The molecular weight excluding hydrogens is 260 g/mol. The predicted molar refractivity (Wildman–Crippen MR) is 77.2 cm³/mol. The smallest absolute Gasteiger partial charge is 0.307 e. The average molecular weight is 274 g/mol. The fraction of sp³-hybridized carbons (Fsp3) is 0.0714. The molecule has 0 radical (unpaired) electrons. The van der Waals surface area contributed by atoms with Crippen molar-refractivity contribution < 1.29 is 9.90 Å². The molecule has 19 heavy (non-hydrogen) atoms. The van der Waals surface area contributed by atoms with Gasteiger partial charge in [0.05, 0.1) is 6.42 Å². The Morgan fingerprint density at radius 1 is 1.05 bits per heavy atom. The first-order valence-electron chi connectivity index (χ1n) is 5.68. The Morgan fingerprint density at radius 3 is 2.26 bits per heavy atom. The maximum Gasteiger partial charge on any atom is 0.307 e. The van der Waals surface area contributed by atoms with Gasteiger partial charge in [-0.05, 0) is 42.0 Å². The van der Waals surface area contributed by atoms with Crippen molar-refractivity contribution in [3.63, 3.8) is 0 Å². The van der Waals surface area contributed by atoms with Gasteiger partial charge in [-0.2, -0.15) is 0 Å². The van der Waals surface area contributed by atoms with Gasteiger partial charge in [0, 0.05) is 21.2 Å². The number of rotatable bonds is 4. The molecule has 0 atom stereocenters. The van der Waals surface area contributed by atoms with Crippen LogP contribution in [0.1, 0.15) is 5.56 Å². The molecule has 0 aliphatic heterocycles. The van der Waals surface area contributed by atoms with Crippen LogP contribution in [0.2, 0.25) is 0 Å². The molecule has 0 aliphatic carbocycles. The summed E-state index contributed by atoms with van der Waals surface area (Å²) in [5.74, 6) is -0.884. The minimum atomic E-state index is -0.884. The number of carboxylic acids is 1. The molecule has 0 aliphatic rings. The quantitative estimate of drug-likeness (QED) is 0.746. The van der Waals surface area contributed by atoms with E-state index in [-0.39, 0.29) is 6.42 Å². The minimum absolute atomic E-state index is 0.0569. The summed E-state index contributed by atoms with van der Waals surface area (Å²) < 4.78 is 0. The standard InChI is InChI=1S/C14H14N2O2S/c15-10-2-5-11(6-3-10)19-12-4-1-9(7-14(17)18)13(16)8-12/h1-6,8H,7,15-16H2,(H,17,18). The van der Waals surface area contributed by atoms with Crippen molar-refractivity contribution in [3.05, 3.63) is 48.0 Å². The Morgan fingerprint density at radius 2 is 1.68 bits per heavy atom. The molecule has 0 aromatic heterocycles. The minimum Gasteiger partial charge on any atom is -0.481 e. The maximum atomic E-state index is 10.7. The van der Waals surface area contributed by atoms with Crippen LogP contribution in [0.5, 0.6) is 0 Å². The predicted octanol–water partition coefficient (Wildman–Crippen LogP) is 2.63. The van der Waals surface area contributed by atoms with Crippen molar-refractivity contribution in [1.82, 2.24) is 0 Å². The van der Waals surface area contributed by atoms with E-state index in [0.29, 0.717) is 11.3 Å². The Balaban J connectivity index is 2.15. The number of benzene rings is 2. The lowest BCUT2D eigenvalue weighted by atomic mass is 10.1. The lowest BCUT2D eigenvalue weighted by Crippen LogP contribution is -2.03.